The lowest BCUT2D eigenvalue weighted by atomic mass is 10.0. The van der Waals surface area contributed by atoms with Crippen molar-refractivity contribution in [2.75, 3.05) is 19.8 Å². The molecule has 0 spiro atoms. The largest absolute Gasteiger partial charge is 0.469 e. The van der Waals surface area contributed by atoms with Crippen molar-refractivity contribution in [2.24, 2.45) is 0 Å². The predicted molar refractivity (Wildman–Crippen MR) is 304 cm³/mol. The number of esters is 1. The summed E-state index contributed by atoms with van der Waals surface area (Å²) >= 11 is 0. The van der Waals surface area contributed by atoms with Crippen molar-refractivity contribution >= 4 is 13.8 Å². The molecule has 7 nitrogen and oxygen atoms in total. The number of carbonyl (C=O) groups excluding carboxylic acids is 1. The zero-order chi connectivity index (χ0) is 50.8. The van der Waals surface area contributed by atoms with Crippen LogP contribution in [0.4, 0.5) is 0 Å². The smallest absolute Gasteiger partial charge is 0.457 e. The molecule has 0 saturated carbocycles. The standard InChI is InChI=1S/C62H125O7P/c1-3-5-7-9-11-13-15-17-19-21-23-24-25-26-27-28-29-30-31-32-33-34-35-36-37-38-39-40-41-43-45-47-49-51-53-55-57-62(63)69-61(60-68-70(64,65)66)59-67-58-56-54-52-50-48-46-44-42-22-20-18-16-14-12-10-8-6-4-2/h61H,3-60H2,1-2H3,(H2,64,65,66)/t61-/m1/s1. The Hall–Kier alpha value is -0.460. The molecule has 0 bridgehead atoms. The first-order valence-electron chi connectivity index (χ1n) is 31.9. The van der Waals surface area contributed by atoms with Crippen LogP contribution in [0.2, 0.25) is 0 Å². The highest BCUT2D eigenvalue weighted by atomic mass is 31.2. The molecule has 0 fully saturated rings. The van der Waals surface area contributed by atoms with Gasteiger partial charge in [-0.05, 0) is 12.8 Å². The van der Waals surface area contributed by atoms with Gasteiger partial charge in [-0.15, -0.1) is 0 Å². The molecule has 70 heavy (non-hydrogen) atoms. The number of hydrogen-bond acceptors (Lipinski definition) is 5. The summed E-state index contributed by atoms with van der Waals surface area (Å²) in [5.74, 6) is -0.350. The normalized spacial score (nSPS) is 12.3. The van der Waals surface area contributed by atoms with Crippen molar-refractivity contribution in [1.82, 2.24) is 0 Å². The summed E-state index contributed by atoms with van der Waals surface area (Å²) in [6, 6.07) is 0. The van der Waals surface area contributed by atoms with Gasteiger partial charge in [-0.1, -0.05) is 348 Å². The first-order valence-corrected chi connectivity index (χ1v) is 33.4. The molecule has 0 saturated heterocycles. The quantitative estimate of drug-likeness (QED) is 0.0355. The maximum absolute atomic E-state index is 12.5. The Kier molecular flexibility index (Phi) is 59.0. The van der Waals surface area contributed by atoms with Gasteiger partial charge in [-0.25, -0.2) is 4.57 Å². The third-order valence-electron chi connectivity index (χ3n) is 14.9. The molecular formula is C62H125O7P. The van der Waals surface area contributed by atoms with Crippen LogP contribution in [0.1, 0.15) is 367 Å². The second-order valence-corrected chi connectivity index (χ2v) is 23.3. The second-order valence-electron chi connectivity index (χ2n) is 22.1. The van der Waals surface area contributed by atoms with Crippen LogP contribution >= 0.6 is 7.82 Å². The van der Waals surface area contributed by atoms with E-state index in [0.717, 1.165) is 32.1 Å². The summed E-state index contributed by atoms with van der Waals surface area (Å²) in [5.41, 5.74) is 0. The van der Waals surface area contributed by atoms with Crippen LogP contribution in [-0.2, 0) is 23.4 Å². The predicted octanol–water partition coefficient (Wildman–Crippen LogP) is 21.5. The number of ether oxygens (including phenoxy) is 2. The van der Waals surface area contributed by atoms with Crippen LogP contribution in [0.15, 0.2) is 0 Å². The highest BCUT2D eigenvalue weighted by molar-refractivity contribution is 7.46. The molecule has 0 amide bonds. The van der Waals surface area contributed by atoms with Gasteiger partial charge in [0.15, 0.2) is 0 Å². The van der Waals surface area contributed by atoms with Crippen LogP contribution in [0.5, 0.6) is 0 Å². The Morgan fingerprint density at radius 1 is 0.329 bits per heavy atom. The number of phosphoric acid groups is 1. The molecule has 1 atom stereocenters. The number of rotatable bonds is 62. The van der Waals surface area contributed by atoms with Gasteiger partial charge in [0.1, 0.15) is 6.10 Å². The molecule has 0 rings (SSSR count). The van der Waals surface area contributed by atoms with Crippen LogP contribution in [0, 0.1) is 0 Å². The lowest BCUT2D eigenvalue weighted by Crippen LogP contribution is -2.28. The van der Waals surface area contributed by atoms with Crippen molar-refractivity contribution in [1.29, 1.82) is 0 Å². The number of phosphoric ester groups is 1. The van der Waals surface area contributed by atoms with Gasteiger partial charge in [0, 0.05) is 13.0 Å². The molecule has 0 aromatic rings. The third kappa shape index (κ3) is 61.8. The zero-order valence-corrected chi connectivity index (χ0v) is 48.4. The van der Waals surface area contributed by atoms with E-state index in [0.29, 0.717) is 13.0 Å². The van der Waals surface area contributed by atoms with E-state index in [1.165, 1.54) is 315 Å². The maximum Gasteiger partial charge on any atom is 0.469 e. The fourth-order valence-electron chi connectivity index (χ4n) is 10.2. The Morgan fingerprint density at radius 2 is 0.543 bits per heavy atom. The summed E-state index contributed by atoms with van der Waals surface area (Å²) < 4.78 is 27.3. The Morgan fingerprint density at radius 3 is 0.771 bits per heavy atom. The van der Waals surface area contributed by atoms with E-state index in [1.54, 1.807) is 0 Å². The Balaban J connectivity index is 3.51. The summed E-state index contributed by atoms with van der Waals surface area (Å²) in [4.78, 5) is 30.9. The van der Waals surface area contributed by atoms with Crippen LogP contribution in [0.3, 0.4) is 0 Å². The van der Waals surface area contributed by atoms with Gasteiger partial charge in [0.2, 0.25) is 0 Å². The SMILES string of the molecule is CCCCCCCCCCCCCCCCCCCCCCCCCCCCCCCCCCCCCCC(=O)O[C@H](COCCCCCCCCCCCCCCCCCCCC)COP(=O)(O)O. The van der Waals surface area contributed by atoms with E-state index in [2.05, 4.69) is 18.4 Å². The van der Waals surface area contributed by atoms with E-state index < -0.39 is 13.9 Å². The molecule has 420 valence electrons. The highest BCUT2D eigenvalue weighted by Crippen LogP contribution is 2.36. The number of unbranched alkanes of at least 4 members (excludes halogenated alkanes) is 52. The Bertz CT molecular complexity index is 1040. The summed E-state index contributed by atoms with van der Waals surface area (Å²) in [5, 5.41) is 0. The average molecular weight is 1010 g/mol. The van der Waals surface area contributed by atoms with Crippen LogP contribution in [-0.4, -0.2) is 41.7 Å². The molecule has 0 aromatic carbocycles. The van der Waals surface area contributed by atoms with Crippen molar-refractivity contribution in [2.45, 2.75) is 373 Å². The van der Waals surface area contributed by atoms with Crippen LogP contribution in [0.25, 0.3) is 0 Å². The fraction of sp³-hybridized carbons (Fsp3) is 0.984. The molecule has 0 aliphatic rings. The van der Waals surface area contributed by atoms with Crippen molar-refractivity contribution in [3.63, 3.8) is 0 Å². The minimum absolute atomic E-state index is 0.0877. The van der Waals surface area contributed by atoms with Gasteiger partial charge in [0.25, 0.3) is 0 Å². The molecule has 2 N–H and O–H groups in total. The molecule has 8 heteroatoms. The lowest BCUT2D eigenvalue weighted by Gasteiger charge is -2.18. The summed E-state index contributed by atoms with van der Waals surface area (Å²) in [6.07, 6.45) is 73.3. The molecular weight excluding hydrogens is 888 g/mol. The van der Waals surface area contributed by atoms with E-state index in [-0.39, 0.29) is 19.2 Å². The summed E-state index contributed by atoms with van der Waals surface area (Å²) in [7, 11) is -4.66. The monoisotopic (exact) mass is 1010 g/mol. The lowest BCUT2D eigenvalue weighted by molar-refractivity contribution is -0.154. The molecule has 0 unspecified atom stereocenters. The minimum atomic E-state index is -4.66. The van der Waals surface area contributed by atoms with Crippen molar-refractivity contribution in [3.8, 4) is 0 Å². The van der Waals surface area contributed by atoms with E-state index in [1.807, 2.05) is 0 Å². The van der Waals surface area contributed by atoms with Gasteiger partial charge >= 0.3 is 13.8 Å². The van der Waals surface area contributed by atoms with Gasteiger partial charge in [-0.2, -0.15) is 0 Å². The first-order chi connectivity index (χ1) is 34.4. The topological polar surface area (TPSA) is 102 Å². The van der Waals surface area contributed by atoms with Crippen LogP contribution < -0.4 is 0 Å². The number of hydrogen-bond donors (Lipinski definition) is 2. The fourth-order valence-corrected chi connectivity index (χ4v) is 10.6. The van der Waals surface area contributed by atoms with Gasteiger partial charge in [-0.3, -0.25) is 9.32 Å². The maximum atomic E-state index is 12.5. The summed E-state index contributed by atoms with van der Waals surface area (Å²) in [6.45, 7) is 4.85. The Labute approximate surface area is 438 Å². The zero-order valence-electron chi connectivity index (χ0n) is 47.5. The molecule has 0 heterocycles. The number of carbonyl (C=O) groups is 1. The van der Waals surface area contributed by atoms with Crippen molar-refractivity contribution < 1.29 is 33.1 Å². The van der Waals surface area contributed by atoms with Gasteiger partial charge in [0.05, 0.1) is 13.2 Å². The van der Waals surface area contributed by atoms with E-state index in [4.69, 9.17) is 9.47 Å². The average Bonchev–Trinajstić information content (AvgIpc) is 3.34. The minimum Gasteiger partial charge on any atom is -0.457 e. The molecule has 0 aromatic heterocycles. The third-order valence-corrected chi connectivity index (χ3v) is 15.4. The first kappa shape index (κ1) is 69.5. The molecule has 0 aliphatic carbocycles. The van der Waals surface area contributed by atoms with E-state index in [9.17, 15) is 19.1 Å². The molecule has 0 radical (unpaired) electrons. The molecule has 0 aliphatic heterocycles. The van der Waals surface area contributed by atoms with Gasteiger partial charge < -0.3 is 19.3 Å². The van der Waals surface area contributed by atoms with E-state index >= 15 is 0 Å². The second kappa shape index (κ2) is 59.4. The highest BCUT2D eigenvalue weighted by Gasteiger charge is 2.21. The van der Waals surface area contributed by atoms with Crippen molar-refractivity contribution in [3.05, 3.63) is 0 Å².